The van der Waals surface area contributed by atoms with Gasteiger partial charge < -0.3 is 14.6 Å². The predicted molar refractivity (Wildman–Crippen MR) is 51.2 cm³/mol. The number of phenols is 1. The Bertz CT molecular complexity index is 333. The maximum atomic E-state index is 10.5. The number of carbonyl (C=O) groups is 1. The molecule has 0 spiro atoms. The maximum Gasteiger partial charge on any atom is 0.203 e. The van der Waals surface area contributed by atoms with Crippen LogP contribution >= 0.6 is 0 Å². The van der Waals surface area contributed by atoms with Gasteiger partial charge in [-0.1, -0.05) is 0 Å². The number of aromatic hydroxyl groups is 1. The van der Waals surface area contributed by atoms with E-state index in [4.69, 9.17) is 9.47 Å². The standard InChI is InChI=1S/C10H12O4/c1-3-14-9-5-7(6-11)4-8(12)10(9)13-2/h4-6,12H,3H2,1-2H3. The molecule has 0 bridgehead atoms. The van der Waals surface area contributed by atoms with Gasteiger partial charge in [0.15, 0.2) is 11.5 Å². The molecule has 0 amide bonds. The molecule has 0 atom stereocenters. The third-order valence-electron chi connectivity index (χ3n) is 1.70. The number of methoxy groups -OCH3 is 1. The van der Waals surface area contributed by atoms with Crippen LogP contribution < -0.4 is 9.47 Å². The van der Waals surface area contributed by atoms with E-state index in [1.807, 2.05) is 6.92 Å². The van der Waals surface area contributed by atoms with Gasteiger partial charge >= 0.3 is 0 Å². The lowest BCUT2D eigenvalue weighted by Gasteiger charge is -2.10. The van der Waals surface area contributed by atoms with Crippen molar-refractivity contribution in [2.45, 2.75) is 6.92 Å². The van der Waals surface area contributed by atoms with Crippen molar-refractivity contribution in [2.24, 2.45) is 0 Å². The highest BCUT2D eigenvalue weighted by molar-refractivity contribution is 5.78. The molecule has 1 N–H and O–H groups in total. The molecule has 0 radical (unpaired) electrons. The SMILES string of the molecule is CCOc1cc(C=O)cc(O)c1OC. The molecule has 0 saturated heterocycles. The summed E-state index contributed by atoms with van der Waals surface area (Å²) in [6.45, 7) is 2.25. The van der Waals surface area contributed by atoms with Crippen LogP contribution in [0.5, 0.6) is 17.2 Å². The zero-order chi connectivity index (χ0) is 10.6. The van der Waals surface area contributed by atoms with Crippen molar-refractivity contribution >= 4 is 6.29 Å². The van der Waals surface area contributed by atoms with E-state index in [-0.39, 0.29) is 11.5 Å². The first kappa shape index (κ1) is 10.4. The molecule has 4 nitrogen and oxygen atoms in total. The van der Waals surface area contributed by atoms with Crippen LogP contribution in [0, 0.1) is 0 Å². The monoisotopic (exact) mass is 196 g/mol. The summed E-state index contributed by atoms with van der Waals surface area (Å²) in [5.41, 5.74) is 0.353. The molecule has 0 fully saturated rings. The van der Waals surface area contributed by atoms with E-state index < -0.39 is 0 Å². The van der Waals surface area contributed by atoms with Crippen LogP contribution in [-0.4, -0.2) is 25.1 Å². The summed E-state index contributed by atoms with van der Waals surface area (Å²) in [5, 5.41) is 9.47. The van der Waals surface area contributed by atoms with E-state index in [0.717, 1.165) is 0 Å². The van der Waals surface area contributed by atoms with Gasteiger partial charge in [0.1, 0.15) is 6.29 Å². The fourth-order valence-corrected chi connectivity index (χ4v) is 1.14. The number of carbonyl (C=O) groups excluding carboxylic acids is 1. The molecular weight excluding hydrogens is 184 g/mol. The average molecular weight is 196 g/mol. The van der Waals surface area contributed by atoms with E-state index in [0.29, 0.717) is 24.2 Å². The van der Waals surface area contributed by atoms with Gasteiger partial charge in [-0.05, 0) is 19.1 Å². The molecule has 4 heteroatoms. The fourth-order valence-electron chi connectivity index (χ4n) is 1.14. The number of aldehydes is 1. The summed E-state index contributed by atoms with van der Waals surface area (Å²) in [6.07, 6.45) is 0.641. The van der Waals surface area contributed by atoms with Crippen molar-refractivity contribution < 1.29 is 19.4 Å². The van der Waals surface area contributed by atoms with Crippen molar-refractivity contribution in [2.75, 3.05) is 13.7 Å². The second-order valence-corrected chi connectivity index (χ2v) is 2.62. The van der Waals surface area contributed by atoms with Gasteiger partial charge in [0.05, 0.1) is 13.7 Å². The van der Waals surface area contributed by atoms with Crippen molar-refractivity contribution in [1.82, 2.24) is 0 Å². The Labute approximate surface area is 82.1 Å². The van der Waals surface area contributed by atoms with Gasteiger partial charge in [0.25, 0.3) is 0 Å². The van der Waals surface area contributed by atoms with Crippen LogP contribution in [-0.2, 0) is 0 Å². The Kier molecular flexibility index (Phi) is 3.34. The Morgan fingerprint density at radius 2 is 2.21 bits per heavy atom. The highest BCUT2D eigenvalue weighted by Crippen LogP contribution is 2.37. The molecule has 0 aliphatic carbocycles. The molecule has 76 valence electrons. The fraction of sp³-hybridized carbons (Fsp3) is 0.300. The van der Waals surface area contributed by atoms with Crippen molar-refractivity contribution in [3.05, 3.63) is 17.7 Å². The van der Waals surface area contributed by atoms with Gasteiger partial charge in [-0.2, -0.15) is 0 Å². The second-order valence-electron chi connectivity index (χ2n) is 2.62. The summed E-state index contributed by atoms with van der Waals surface area (Å²) in [5.74, 6) is 0.523. The molecule has 0 heterocycles. The van der Waals surface area contributed by atoms with Crippen LogP contribution in [0.1, 0.15) is 17.3 Å². The maximum absolute atomic E-state index is 10.5. The molecule has 0 unspecified atom stereocenters. The molecule has 0 saturated carbocycles. The number of hydrogen-bond donors (Lipinski definition) is 1. The Hall–Kier alpha value is -1.71. The van der Waals surface area contributed by atoms with E-state index >= 15 is 0 Å². The third kappa shape index (κ3) is 1.96. The van der Waals surface area contributed by atoms with Gasteiger partial charge in [-0.15, -0.1) is 0 Å². The number of benzene rings is 1. The van der Waals surface area contributed by atoms with Crippen molar-refractivity contribution in [1.29, 1.82) is 0 Å². The average Bonchev–Trinajstić information content (AvgIpc) is 2.18. The molecular formula is C10H12O4. The van der Waals surface area contributed by atoms with Crippen LogP contribution in [0.2, 0.25) is 0 Å². The van der Waals surface area contributed by atoms with E-state index in [1.54, 1.807) is 0 Å². The lowest BCUT2D eigenvalue weighted by Crippen LogP contribution is -1.96. The second kappa shape index (κ2) is 4.50. The van der Waals surface area contributed by atoms with Crippen LogP contribution in [0.4, 0.5) is 0 Å². The number of phenolic OH excluding ortho intramolecular Hbond substituents is 1. The summed E-state index contributed by atoms with van der Waals surface area (Å²) in [6, 6.07) is 2.85. The number of ether oxygens (including phenoxy) is 2. The van der Waals surface area contributed by atoms with Crippen LogP contribution in [0.25, 0.3) is 0 Å². The molecule has 14 heavy (non-hydrogen) atoms. The highest BCUT2D eigenvalue weighted by atomic mass is 16.5. The molecule has 1 rings (SSSR count). The smallest absolute Gasteiger partial charge is 0.203 e. The zero-order valence-electron chi connectivity index (χ0n) is 8.11. The minimum atomic E-state index is -0.0967. The normalized spacial score (nSPS) is 9.57. The van der Waals surface area contributed by atoms with Gasteiger partial charge in [0, 0.05) is 5.56 Å². The van der Waals surface area contributed by atoms with Gasteiger partial charge in [0.2, 0.25) is 5.75 Å². The van der Waals surface area contributed by atoms with Crippen molar-refractivity contribution in [3.8, 4) is 17.2 Å². The van der Waals surface area contributed by atoms with Crippen LogP contribution in [0.3, 0.4) is 0 Å². The van der Waals surface area contributed by atoms with Crippen LogP contribution in [0.15, 0.2) is 12.1 Å². The molecule has 0 aliphatic rings. The summed E-state index contributed by atoms with van der Waals surface area (Å²) < 4.78 is 10.1. The minimum absolute atomic E-state index is 0.0967. The largest absolute Gasteiger partial charge is 0.504 e. The topological polar surface area (TPSA) is 55.8 Å². The van der Waals surface area contributed by atoms with Gasteiger partial charge in [-0.3, -0.25) is 4.79 Å². The summed E-state index contributed by atoms with van der Waals surface area (Å²) in [7, 11) is 1.43. The summed E-state index contributed by atoms with van der Waals surface area (Å²) >= 11 is 0. The molecule has 0 aromatic heterocycles. The predicted octanol–water partition coefficient (Wildman–Crippen LogP) is 1.61. The molecule has 1 aromatic carbocycles. The zero-order valence-corrected chi connectivity index (χ0v) is 8.11. The minimum Gasteiger partial charge on any atom is -0.504 e. The lowest BCUT2D eigenvalue weighted by atomic mass is 10.2. The first-order valence-electron chi connectivity index (χ1n) is 4.21. The number of rotatable bonds is 4. The van der Waals surface area contributed by atoms with Crippen molar-refractivity contribution in [3.63, 3.8) is 0 Å². The quantitative estimate of drug-likeness (QED) is 0.743. The molecule has 1 aromatic rings. The lowest BCUT2D eigenvalue weighted by molar-refractivity contribution is 0.112. The Morgan fingerprint density at radius 1 is 1.50 bits per heavy atom. The van der Waals surface area contributed by atoms with E-state index in [1.165, 1.54) is 19.2 Å². The Morgan fingerprint density at radius 3 is 2.71 bits per heavy atom. The first-order chi connectivity index (χ1) is 6.72. The van der Waals surface area contributed by atoms with E-state index in [2.05, 4.69) is 0 Å². The highest BCUT2D eigenvalue weighted by Gasteiger charge is 2.11. The summed E-state index contributed by atoms with van der Waals surface area (Å²) in [4.78, 5) is 10.5. The molecule has 0 aliphatic heterocycles. The van der Waals surface area contributed by atoms with Gasteiger partial charge in [-0.25, -0.2) is 0 Å². The van der Waals surface area contributed by atoms with E-state index in [9.17, 15) is 9.90 Å². The Balaban J connectivity index is 3.20. The first-order valence-corrected chi connectivity index (χ1v) is 4.21. The number of hydrogen-bond acceptors (Lipinski definition) is 4. The third-order valence-corrected chi connectivity index (χ3v) is 1.70.